The van der Waals surface area contributed by atoms with Crippen LogP contribution >= 0.6 is 36.6 Å². The fourth-order valence-corrected chi connectivity index (χ4v) is 2.07. The van der Waals surface area contributed by atoms with Crippen LogP contribution in [0.15, 0.2) is 11.2 Å². The first-order chi connectivity index (χ1) is 6.65. The van der Waals surface area contributed by atoms with Crippen LogP contribution in [-0.4, -0.2) is 19.3 Å². The maximum atomic E-state index is 4.28. The molecule has 0 aliphatic carbocycles. The van der Waals surface area contributed by atoms with Gasteiger partial charge in [0.2, 0.25) is 5.13 Å². The van der Waals surface area contributed by atoms with Crippen LogP contribution in [-0.2, 0) is 0 Å². The van der Waals surface area contributed by atoms with Gasteiger partial charge in [0, 0.05) is 0 Å². The van der Waals surface area contributed by atoms with E-state index >= 15 is 0 Å². The van der Waals surface area contributed by atoms with Crippen LogP contribution in [0.1, 0.15) is 5.69 Å². The number of aromatic nitrogens is 3. The minimum Gasteiger partial charge on any atom is -0.237 e. The molecule has 0 fully saturated rings. The normalized spacial score (nSPS) is 10.5. The number of hydrogen-bond acceptors (Lipinski definition) is 5. The third-order valence-corrected chi connectivity index (χ3v) is 2.46. The Morgan fingerprint density at radius 3 is 2.93 bits per heavy atom. The number of thiazole rings is 1. The number of thiol groups is 2. The van der Waals surface area contributed by atoms with E-state index in [0.29, 0.717) is 15.2 Å². The Balaban J connectivity index is 2.57. The molecule has 0 aliphatic heterocycles. The van der Waals surface area contributed by atoms with E-state index in [4.69, 9.17) is 0 Å². The van der Waals surface area contributed by atoms with Crippen molar-refractivity contribution in [2.24, 2.45) is 4.99 Å². The molecule has 14 heavy (non-hydrogen) atoms. The lowest BCUT2D eigenvalue weighted by Crippen LogP contribution is -1.82. The van der Waals surface area contributed by atoms with Crippen LogP contribution in [0.25, 0.3) is 10.5 Å². The predicted octanol–water partition coefficient (Wildman–Crippen LogP) is 2.24. The fourth-order valence-electron chi connectivity index (χ4n) is 0.927. The topological polar surface area (TPSA) is 51.0 Å². The van der Waals surface area contributed by atoms with Gasteiger partial charge in [-0.3, -0.25) is 0 Å². The lowest BCUT2D eigenvalue weighted by Gasteiger charge is -1.86. The van der Waals surface area contributed by atoms with Crippen LogP contribution in [0.5, 0.6) is 0 Å². The molecule has 0 aromatic carbocycles. The van der Waals surface area contributed by atoms with Crippen LogP contribution in [0.2, 0.25) is 0 Å². The summed E-state index contributed by atoms with van der Waals surface area (Å²) in [5.74, 6) is 0. The molecule has 2 aromatic heterocycles. The first-order valence-corrected chi connectivity index (χ1v) is 5.43. The monoisotopic (exact) mass is 242 g/mol. The SMILES string of the molecule is Cc1cnc2nc(N=C(S)S)sc2n1. The summed E-state index contributed by atoms with van der Waals surface area (Å²) in [4.78, 5) is 17.3. The second-order valence-electron chi connectivity index (χ2n) is 2.55. The van der Waals surface area contributed by atoms with Crippen LogP contribution in [0, 0.1) is 6.92 Å². The molecule has 0 saturated heterocycles. The summed E-state index contributed by atoms with van der Waals surface area (Å²) in [5.41, 5.74) is 1.48. The zero-order valence-corrected chi connectivity index (χ0v) is 9.77. The summed E-state index contributed by atoms with van der Waals surface area (Å²) < 4.78 is 0.376. The molecule has 0 aliphatic rings. The summed E-state index contributed by atoms with van der Waals surface area (Å²) in [6.45, 7) is 1.89. The molecule has 0 radical (unpaired) electrons. The summed E-state index contributed by atoms with van der Waals surface area (Å²) in [5, 5.41) is 0.575. The summed E-state index contributed by atoms with van der Waals surface area (Å²) in [6, 6.07) is 0. The van der Waals surface area contributed by atoms with Crippen molar-refractivity contribution in [1.82, 2.24) is 15.0 Å². The fraction of sp³-hybridized carbons (Fsp3) is 0.143. The van der Waals surface area contributed by atoms with E-state index in [1.807, 2.05) is 6.92 Å². The molecular weight excluding hydrogens is 236 g/mol. The minimum atomic E-state index is 0.376. The third kappa shape index (κ3) is 2.05. The van der Waals surface area contributed by atoms with Gasteiger partial charge in [-0.2, -0.15) is 4.98 Å². The number of nitrogens with zero attached hydrogens (tertiary/aromatic N) is 4. The number of aryl methyl sites for hydroxylation is 1. The molecule has 0 saturated carbocycles. The van der Waals surface area contributed by atoms with E-state index < -0.39 is 0 Å². The Labute approximate surface area is 95.3 Å². The number of hydrogen-bond donors (Lipinski definition) is 2. The maximum Gasteiger partial charge on any atom is 0.214 e. The minimum absolute atomic E-state index is 0.376. The largest absolute Gasteiger partial charge is 0.237 e. The molecule has 0 bridgehead atoms. The Morgan fingerprint density at radius 1 is 1.43 bits per heavy atom. The van der Waals surface area contributed by atoms with Crippen LogP contribution < -0.4 is 0 Å². The van der Waals surface area contributed by atoms with E-state index in [9.17, 15) is 0 Å². The molecule has 0 atom stereocenters. The highest BCUT2D eigenvalue weighted by molar-refractivity contribution is 8.23. The molecule has 4 nitrogen and oxygen atoms in total. The molecule has 7 heteroatoms. The zero-order chi connectivity index (χ0) is 10.1. The van der Waals surface area contributed by atoms with Crippen molar-refractivity contribution in [3.63, 3.8) is 0 Å². The average Bonchev–Trinajstić information content (AvgIpc) is 2.44. The summed E-state index contributed by atoms with van der Waals surface area (Å²) >= 11 is 9.27. The Kier molecular flexibility index (Phi) is 2.71. The van der Waals surface area contributed by atoms with Gasteiger partial charge in [-0.15, -0.1) is 25.3 Å². The predicted molar refractivity (Wildman–Crippen MR) is 65.0 cm³/mol. The van der Waals surface area contributed by atoms with Gasteiger partial charge >= 0.3 is 0 Å². The number of rotatable bonds is 1. The zero-order valence-electron chi connectivity index (χ0n) is 7.17. The van der Waals surface area contributed by atoms with Gasteiger partial charge < -0.3 is 0 Å². The molecule has 0 N–H and O–H groups in total. The van der Waals surface area contributed by atoms with E-state index in [1.54, 1.807) is 6.20 Å². The first kappa shape index (κ1) is 9.88. The summed E-state index contributed by atoms with van der Waals surface area (Å²) in [6.07, 6.45) is 1.68. The standard InChI is InChI=1S/C7H6N4S3/c1-3-2-8-4-5(9-3)14-6(10-4)11-7(12)13/h2H,1H3,(H2,8,10,11,12,13). The van der Waals surface area contributed by atoms with Crippen molar-refractivity contribution in [2.75, 3.05) is 0 Å². The van der Waals surface area contributed by atoms with Crippen molar-refractivity contribution in [1.29, 1.82) is 0 Å². The van der Waals surface area contributed by atoms with Gasteiger partial charge in [0.05, 0.1) is 11.9 Å². The van der Waals surface area contributed by atoms with Gasteiger partial charge in [-0.25, -0.2) is 15.0 Å². The lowest BCUT2D eigenvalue weighted by atomic mass is 10.5. The molecule has 0 spiro atoms. The third-order valence-electron chi connectivity index (χ3n) is 1.43. The van der Waals surface area contributed by atoms with Crippen molar-refractivity contribution in [2.45, 2.75) is 6.92 Å². The highest BCUT2D eigenvalue weighted by Gasteiger charge is 2.05. The van der Waals surface area contributed by atoms with Crippen molar-refractivity contribution in [3.05, 3.63) is 11.9 Å². The number of fused-ring (bicyclic) bond motifs is 1. The average molecular weight is 242 g/mol. The van der Waals surface area contributed by atoms with Crippen molar-refractivity contribution >= 4 is 56.6 Å². The molecule has 2 heterocycles. The first-order valence-electron chi connectivity index (χ1n) is 3.72. The second kappa shape index (κ2) is 3.84. The van der Waals surface area contributed by atoms with Gasteiger partial charge in [-0.05, 0) is 6.92 Å². The Hall–Kier alpha value is -0.660. The van der Waals surface area contributed by atoms with Gasteiger partial charge in [0.15, 0.2) is 10.5 Å². The molecule has 2 rings (SSSR count). The second-order valence-corrected chi connectivity index (χ2v) is 4.70. The smallest absolute Gasteiger partial charge is 0.214 e. The highest BCUT2D eigenvalue weighted by atomic mass is 32.2. The van der Waals surface area contributed by atoms with E-state index in [1.165, 1.54) is 11.3 Å². The highest BCUT2D eigenvalue weighted by Crippen LogP contribution is 2.25. The molecule has 0 amide bonds. The molecule has 0 unspecified atom stereocenters. The van der Waals surface area contributed by atoms with Crippen molar-refractivity contribution < 1.29 is 0 Å². The Morgan fingerprint density at radius 2 is 2.21 bits per heavy atom. The molecular formula is C7H6N4S3. The van der Waals surface area contributed by atoms with E-state index in [2.05, 4.69) is 45.2 Å². The summed E-state index contributed by atoms with van der Waals surface area (Å²) in [7, 11) is 0. The Bertz CT molecular complexity index is 501. The molecule has 72 valence electrons. The quantitative estimate of drug-likeness (QED) is 0.458. The maximum absolute atomic E-state index is 4.28. The van der Waals surface area contributed by atoms with Crippen LogP contribution in [0.3, 0.4) is 0 Å². The molecule has 2 aromatic rings. The van der Waals surface area contributed by atoms with E-state index in [0.717, 1.165) is 10.5 Å². The van der Waals surface area contributed by atoms with Gasteiger partial charge in [-0.1, -0.05) is 11.3 Å². The lowest BCUT2D eigenvalue weighted by molar-refractivity contribution is 1.18. The van der Waals surface area contributed by atoms with Gasteiger partial charge in [0.25, 0.3) is 0 Å². The van der Waals surface area contributed by atoms with Crippen LogP contribution in [0.4, 0.5) is 5.13 Å². The van der Waals surface area contributed by atoms with Crippen molar-refractivity contribution in [3.8, 4) is 0 Å². The van der Waals surface area contributed by atoms with E-state index in [-0.39, 0.29) is 0 Å². The van der Waals surface area contributed by atoms with Gasteiger partial charge in [0.1, 0.15) is 4.38 Å². The number of aliphatic imine (C=N–C) groups is 1.